The second-order valence-electron chi connectivity index (χ2n) is 14.9. The lowest BCUT2D eigenvalue weighted by atomic mass is 9.85. The molecule has 0 aliphatic rings. The minimum atomic E-state index is -0.416. The Bertz CT molecular complexity index is 492. The maximum atomic E-state index is 11.7. The number of hydrogen-bond acceptors (Lipinski definition) is 3. The van der Waals surface area contributed by atoms with Crippen molar-refractivity contribution < 1.29 is 15.3 Å². The van der Waals surface area contributed by atoms with Gasteiger partial charge < -0.3 is 15.3 Å². The topological polar surface area (TPSA) is 60.7 Å². The van der Waals surface area contributed by atoms with Crippen LogP contribution in [0.5, 0.6) is 0 Å². The zero-order chi connectivity index (χ0) is 32.8. The normalized spacial score (nSPS) is 13.1. The fraction of sp³-hybridized carbons (Fsp3) is 1.00. The smallest absolute Gasteiger partial charge is 0.0647 e. The average molecular weight is 639 g/mol. The SMILES string of the molecule is CCCCCCCCCCCCCCCC(O)(CCCCCCCCCCCCO)CCCCCCCCCCCCCCO. The molecule has 272 valence electrons. The lowest BCUT2D eigenvalue weighted by molar-refractivity contribution is 0.00704. The van der Waals surface area contributed by atoms with Crippen molar-refractivity contribution in [1.82, 2.24) is 0 Å². The van der Waals surface area contributed by atoms with Gasteiger partial charge in [0.05, 0.1) is 5.60 Å². The maximum Gasteiger partial charge on any atom is 0.0647 e. The monoisotopic (exact) mass is 639 g/mol. The number of rotatable bonds is 40. The van der Waals surface area contributed by atoms with Crippen molar-refractivity contribution in [1.29, 1.82) is 0 Å². The van der Waals surface area contributed by atoms with Crippen molar-refractivity contribution >= 4 is 0 Å². The summed E-state index contributed by atoms with van der Waals surface area (Å²) in [7, 11) is 0. The van der Waals surface area contributed by atoms with Crippen LogP contribution in [0.2, 0.25) is 0 Å². The van der Waals surface area contributed by atoms with Gasteiger partial charge in [-0.1, -0.05) is 219 Å². The highest BCUT2D eigenvalue weighted by Crippen LogP contribution is 2.29. The summed E-state index contributed by atoms with van der Waals surface area (Å²) in [5.41, 5.74) is -0.416. The molecule has 0 aromatic rings. The van der Waals surface area contributed by atoms with Crippen molar-refractivity contribution in [2.75, 3.05) is 13.2 Å². The van der Waals surface area contributed by atoms with Crippen LogP contribution in [-0.4, -0.2) is 34.1 Å². The summed E-state index contributed by atoms with van der Waals surface area (Å²) in [6, 6.07) is 0. The van der Waals surface area contributed by atoms with Crippen molar-refractivity contribution in [3.63, 3.8) is 0 Å². The van der Waals surface area contributed by atoms with E-state index in [0.717, 1.165) is 32.1 Å². The summed E-state index contributed by atoms with van der Waals surface area (Å²) in [6.45, 7) is 3.00. The van der Waals surface area contributed by atoms with Gasteiger partial charge in [0.25, 0.3) is 0 Å². The van der Waals surface area contributed by atoms with Crippen LogP contribution in [0.15, 0.2) is 0 Å². The Hall–Kier alpha value is -0.120. The molecule has 0 amide bonds. The highest BCUT2D eigenvalue weighted by Gasteiger charge is 2.25. The molecule has 0 aromatic heterocycles. The van der Waals surface area contributed by atoms with Gasteiger partial charge in [-0.15, -0.1) is 0 Å². The Balaban J connectivity index is 4.06. The maximum absolute atomic E-state index is 11.7. The Morgan fingerprint density at radius 1 is 0.267 bits per heavy atom. The second kappa shape index (κ2) is 38.3. The Morgan fingerprint density at radius 2 is 0.444 bits per heavy atom. The molecule has 0 aliphatic heterocycles. The van der Waals surface area contributed by atoms with Crippen LogP contribution in [0.1, 0.15) is 251 Å². The highest BCUT2D eigenvalue weighted by atomic mass is 16.3. The lowest BCUT2D eigenvalue weighted by Crippen LogP contribution is -2.28. The number of hydrogen-bond donors (Lipinski definition) is 3. The van der Waals surface area contributed by atoms with Gasteiger partial charge in [-0.2, -0.15) is 0 Å². The molecule has 0 rings (SSSR count). The molecule has 0 heterocycles. The summed E-state index contributed by atoms with van der Waals surface area (Å²) >= 11 is 0. The van der Waals surface area contributed by atoms with Gasteiger partial charge in [-0.05, 0) is 32.1 Å². The van der Waals surface area contributed by atoms with Crippen LogP contribution in [0.25, 0.3) is 0 Å². The first-order valence-corrected chi connectivity index (χ1v) is 21.1. The van der Waals surface area contributed by atoms with E-state index in [1.165, 1.54) is 212 Å². The molecular formula is C42H86O3. The molecule has 1 unspecified atom stereocenters. The number of unbranched alkanes of at least 4 members (excludes halogenated alkanes) is 32. The summed E-state index contributed by atoms with van der Waals surface area (Å²) in [5, 5.41) is 29.5. The third-order valence-electron chi connectivity index (χ3n) is 10.3. The van der Waals surface area contributed by atoms with Gasteiger partial charge in [0.15, 0.2) is 0 Å². The standard InChI is InChI=1S/C42H86O3/c1-2-3-4-5-6-7-8-9-12-17-22-27-32-37-42(45,39-34-29-24-19-14-16-21-26-31-36-41-44)38-33-28-23-18-13-10-11-15-20-25-30-35-40-43/h43-45H,2-41H2,1H3. The molecule has 45 heavy (non-hydrogen) atoms. The molecule has 1 atom stereocenters. The molecule has 0 aliphatic carbocycles. The van der Waals surface area contributed by atoms with Gasteiger partial charge in [0.2, 0.25) is 0 Å². The van der Waals surface area contributed by atoms with Crippen molar-refractivity contribution in [3.05, 3.63) is 0 Å². The first-order chi connectivity index (χ1) is 22.2. The van der Waals surface area contributed by atoms with Gasteiger partial charge >= 0.3 is 0 Å². The zero-order valence-electron chi connectivity index (χ0n) is 31.1. The first-order valence-electron chi connectivity index (χ1n) is 21.1. The summed E-state index contributed by atoms with van der Waals surface area (Å²) in [4.78, 5) is 0. The Morgan fingerprint density at radius 3 is 0.644 bits per heavy atom. The minimum Gasteiger partial charge on any atom is -0.396 e. The molecule has 0 spiro atoms. The predicted molar refractivity (Wildman–Crippen MR) is 200 cm³/mol. The van der Waals surface area contributed by atoms with Crippen molar-refractivity contribution in [2.24, 2.45) is 0 Å². The molecule has 3 heteroatoms. The largest absolute Gasteiger partial charge is 0.396 e. The van der Waals surface area contributed by atoms with E-state index in [9.17, 15) is 5.11 Å². The lowest BCUT2D eigenvalue weighted by Gasteiger charge is -2.29. The quantitative estimate of drug-likeness (QED) is 0.0585. The highest BCUT2D eigenvalue weighted by molar-refractivity contribution is 4.78. The van der Waals surface area contributed by atoms with Crippen LogP contribution in [0, 0.1) is 0 Å². The molecule has 0 saturated carbocycles. The van der Waals surface area contributed by atoms with Crippen LogP contribution in [0.4, 0.5) is 0 Å². The van der Waals surface area contributed by atoms with E-state index in [4.69, 9.17) is 10.2 Å². The molecule has 0 bridgehead atoms. The van der Waals surface area contributed by atoms with E-state index >= 15 is 0 Å². The Labute approximate surface area is 284 Å². The van der Waals surface area contributed by atoms with Gasteiger partial charge in [-0.3, -0.25) is 0 Å². The van der Waals surface area contributed by atoms with E-state index in [1.807, 2.05) is 0 Å². The molecule has 0 saturated heterocycles. The fourth-order valence-corrected chi connectivity index (χ4v) is 7.16. The van der Waals surface area contributed by atoms with Crippen LogP contribution >= 0.6 is 0 Å². The van der Waals surface area contributed by atoms with Crippen LogP contribution < -0.4 is 0 Å². The van der Waals surface area contributed by atoms with Crippen molar-refractivity contribution in [3.8, 4) is 0 Å². The van der Waals surface area contributed by atoms with Gasteiger partial charge in [0.1, 0.15) is 0 Å². The van der Waals surface area contributed by atoms with E-state index in [0.29, 0.717) is 13.2 Å². The first kappa shape index (κ1) is 44.9. The van der Waals surface area contributed by atoms with E-state index < -0.39 is 5.60 Å². The zero-order valence-corrected chi connectivity index (χ0v) is 31.1. The fourth-order valence-electron chi connectivity index (χ4n) is 7.16. The van der Waals surface area contributed by atoms with E-state index in [1.54, 1.807) is 0 Å². The second-order valence-corrected chi connectivity index (χ2v) is 14.9. The Kier molecular flexibility index (Phi) is 38.2. The summed E-state index contributed by atoms with van der Waals surface area (Å²) in [6.07, 6.45) is 49.2. The van der Waals surface area contributed by atoms with Gasteiger partial charge in [-0.25, -0.2) is 0 Å². The number of aliphatic hydroxyl groups excluding tert-OH is 2. The van der Waals surface area contributed by atoms with Crippen LogP contribution in [-0.2, 0) is 0 Å². The van der Waals surface area contributed by atoms with E-state index in [-0.39, 0.29) is 0 Å². The van der Waals surface area contributed by atoms with E-state index in [2.05, 4.69) is 6.92 Å². The molecule has 3 nitrogen and oxygen atoms in total. The van der Waals surface area contributed by atoms with Gasteiger partial charge in [0, 0.05) is 13.2 Å². The molecule has 3 N–H and O–H groups in total. The molecule has 0 radical (unpaired) electrons. The number of aliphatic hydroxyl groups is 3. The summed E-state index contributed by atoms with van der Waals surface area (Å²) < 4.78 is 0. The van der Waals surface area contributed by atoms with Crippen LogP contribution in [0.3, 0.4) is 0 Å². The third kappa shape index (κ3) is 36.6. The summed E-state index contributed by atoms with van der Waals surface area (Å²) in [5.74, 6) is 0. The molecule has 0 fully saturated rings. The molecular weight excluding hydrogens is 552 g/mol. The minimum absolute atomic E-state index is 0.347. The third-order valence-corrected chi connectivity index (χ3v) is 10.3. The molecule has 0 aromatic carbocycles. The van der Waals surface area contributed by atoms with Crippen molar-refractivity contribution in [2.45, 2.75) is 257 Å². The predicted octanol–water partition coefficient (Wildman–Crippen LogP) is 13.5. The average Bonchev–Trinajstić information content (AvgIpc) is 3.04.